The van der Waals surface area contributed by atoms with E-state index in [1.807, 2.05) is 4.90 Å². The summed E-state index contributed by atoms with van der Waals surface area (Å²) in [5.41, 5.74) is 0.625. The Kier molecular flexibility index (Phi) is 4.80. The Hall–Kier alpha value is -1.69. The van der Waals surface area contributed by atoms with Crippen LogP contribution in [0.5, 0.6) is 0 Å². The van der Waals surface area contributed by atoms with Crippen LogP contribution >= 0.6 is 0 Å². The number of carbonyl (C=O) groups excluding carboxylic acids is 2. The lowest BCUT2D eigenvalue weighted by Crippen LogP contribution is -2.46. The van der Waals surface area contributed by atoms with Crippen LogP contribution in [0.25, 0.3) is 0 Å². The molecular formula is C17H22N2O3S. The molecule has 1 atom stereocenters. The highest BCUT2D eigenvalue weighted by atomic mass is 32.2. The molecule has 1 saturated heterocycles. The van der Waals surface area contributed by atoms with Gasteiger partial charge >= 0.3 is 0 Å². The van der Waals surface area contributed by atoms with Gasteiger partial charge in [-0.3, -0.25) is 13.8 Å². The van der Waals surface area contributed by atoms with Crippen molar-refractivity contribution in [1.82, 2.24) is 10.2 Å². The summed E-state index contributed by atoms with van der Waals surface area (Å²) in [5, 5.41) is 3.09. The fourth-order valence-electron chi connectivity index (χ4n) is 2.86. The summed E-state index contributed by atoms with van der Waals surface area (Å²) in [6, 6.07) is 7.15. The molecule has 6 heteroatoms. The van der Waals surface area contributed by atoms with Crippen LogP contribution in [0.4, 0.5) is 0 Å². The van der Waals surface area contributed by atoms with Crippen molar-refractivity contribution in [2.24, 2.45) is 5.92 Å². The number of carbonyl (C=O) groups is 2. The second-order valence-corrected chi connectivity index (χ2v) is 7.71. The summed E-state index contributed by atoms with van der Waals surface area (Å²) in [6.45, 7) is 1.33. The number of amides is 2. The van der Waals surface area contributed by atoms with Gasteiger partial charge < -0.3 is 10.2 Å². The Morgan fingerprint density at radius 3 is 2.22 bits per heavy atom. The predicted octanol–water partition coefficient (Wildman–Crippen LogP) is 1.55. The van der Waals surface area contributed by atoms with Crippen LogP contribution in [0.2, 0.25) is 0 Å². The molecule has 124 valence electrons. The maximum absolute atomic E-state index is 12.5. The predicted molar refractivity (Wildman–Crippen MR) is 88.6 cm³/mol. The van der Waals surface area contributed by atoms with E-state index in [1.54, 1.807) is 30.5 Å². The van der Waals surface area contributed by atoms with Crippen LogP contribution < -0.4 is 5.32 Å². The van der Waals surface area contributed by atoms with Crippen molar-refractivity contribution in [3.05, 3.63) is 29.8 Å². The van der Waals surface area contributed by atoms with Gasteiger partial charge in [0, 0.05) is 52.6 Å². The maximum Gasteiger partial charge on any atom is 0.253 e. The van der Waals surface area contributed by atoms with Gasteiger partial charge in [-0.2, -0.15) is 0 Å². The Morgan fingerprint density at radius 1 is 1.09 bits per heavy atom. The van der Waals surface area contributed by atoms with E-state index in [1.165, 1.54) is 0 Å². The van der Waals surface area contributed by atoms with Crippen molar-refractivity contribution in [3.63, 3.8) is 0 Å². The highest BCUT2D eigenvalue weighted by Gasteiger charge is 2.32. The summed E-state index contributed by atoms with van der Waals surface area (Å²) in [4.78, 5) is 26.8. The topological polar surface area (TPSA) is 66.5 Å². The molecule has 1 aromatic carbocycles. The number of hydrogen-bond acceptors (Lipinski definition) is 3. The quantitative estimate of drug-likeness (QED) is 0.908. The summed E-state index contributed by atoms with van der Waals surface area (Å²) >= 11 is 0. The lowest BCUT2D eigenvalue weighted by molar-refractivity contribution is -0.123. The van der Waals surface area contributed by atoms with Crippen LogP contribution in [0.1, 0.15) is 36.0 Å². The van der Waals surface area contributed by atoms with Crippen LogP contribution in [-0.4, -0.2) is 46.3 Å². The van der Waals surface area contributed by atoms with Gasteiger partial charge in [0.15, 0.2) is 0 Å². The van der Waals surface area contributed by atoms with E-state index in [2.05, 4.69) is 5.32 Å². The first-order chi connectivity index (χ1) is 11.0. The third-order valence-electron chi connectivity index (χ3n) is 4.51. The Balaban J connectivity index is 1.53. The van der Waals surface area contributed by atoms with Crippen molar-refractivity contribution in [1.29, 1.82) is 0 Å². The maximum atomic E-state index is 12.5. The molecule has 5 nitrogen and oxygen atoms in total. The Morgan fingerprint density at radius 2 is 1.70 bits per heavy atom. The number of likely N-dealkylation sites (tertiary alicyclic amines) is 1. The van der Waals surface area contributed by atoms with Gasteiger partial charge in [0.2, 0.25) is 5.91 Å². The van der Waals surface area contributed by atoms with Gasteiger partial charge in [0.1, 0.15) is 0 Å². The molecule has 2 aliphatic rings. The molecule has 1 N–H and O–H groups in total. The Bertz CT molecular complexity index is 617. The molecule has 2 amide bonds. The molecule has 1 aliphatic carbocycles. The zero-order chi connectivity index (χ0) is 16.4. The number of rotatable bonds is 4. The van der Waals surface area contributed by atoms with Crippen molar-refractivity contribution in [2.75, 3.05) is 19.3 Å². The molecule has 1 aliphatic heterocycles. The number of piperidine rings is 1. The lowest BCUT2D eigenvalue weighted by atomic mass is 10.0. The fourth-order valence-corrected chi connectivity index (χ4v) is 3.38. The van der Waals surface area contributed by atoms with E-state index in [-0.39, 0.29) is 23.8 Å². The summed E-state index contributed by atoms with van der Waals surface area (Å²) in [6.07, 6.45) is 5.27. The molecule has 0 radical (unpaired) electrons. The minimum absolute atomic E-state index is 0.00500. The van der Waals surface area contributed by atoms with E-state index in [9.17, 15) is 13.8 Å². The van der Waals surface area contributed by atoms with Crippen molar-refractivity contribution in [3.8, 4) is 0 Å². The van der Waals surface area contributed by atoms with Gasteiger partial charge in [-0.15, -0.1) is 0 Å². The molecule has 0 spiro atoms. The zero-order valence-electron chi connectivity index (χ0n) is 13.3. The second-order valence-electron chi connectivity index (χ2n) is 6.33. The molecule has 1 aromatic rings. The van der Waals surface area contributed by atoms with Crippen molar-refractivity contribution >= 4 is 22.6 Å². The average molecular weight is 334 g/mol. The first-order valence-corrected chi connectivity index (χ1v) is 9.63. The molecule has 3 rings (SSSR count). The van der Waals surface area contributed by atoms with Gasteiger partial charge in [0.05, 0.1) is 0 Å². The third-order valence-corrected chi connectivity index (χ3v) is 5.45. The van der Waals surface area contributed by atoms with Crippen LogP contribution in [0.15, 0.2) is 29.2 Å². The minimum Gasteiger partial charge on any atom is -0.353 e. The van der Waals surface area contributed by atoms with E-state index in [0.29, 0.717) is 18.7 Å². The zero-order valence-corrected chi connectivity index (χ0v) is 14.1. The highest BCUT2D eigenvalue weighted by Crippen LogP contribution is 2.29. The largest absolute Gasteiger partial charge is 0.353 e. The summed E-state index contributed by atoms with van der Waals surface area (Å²) in [7, 11) is -1.03. The molecule has 1 saturated carbocycles. The monoisotopic (exact) mass is 334 g/mol. The minimum atomic E-state index is -1.03. The molecule has 23 heavy (non-hydrogen) atoms. The first kappa shape index (κ1) is 16.2. The third kappa shape index (κ3) is 3.99. The number of nitrogens with zero attached hydrogens (tertiary/aromatic N) is 1. The molecule has 0 unspecified atom stereocenters. The van der Waals surface area contributed by atoms with E-state index in [0.717, 1.165) is 30.6 Å². The fraction of sp³-hybridized carbons (Fsp3) is 0.529. The number of nitrogens with one attached hydrogen (secondary N) is 1. The first-order valence-electron chi connectivity index (χ1n) is 8.08. The Labute approximate surface area is 138 Å². The standard InChI is InChI=1S/C17H22N2O3S/c1-23(22)15-6-4-13(5-7-15)17(21)19-10-8-14(9-11-19)18-16(20)12-2-3-12/h4-7,12,14H,2-3,8-11H2,1H3,(H,18,20)/t23-/m0/s1. The van der Waals surface area contributed by atoms with Crippen LogP contribution in [-0.2, 0) is 15.6 Å². The molecule has 0 aromatic heterocycles. The van der Waals surface area contributed by atoms with Gasteiger partial charge in [-0.05, 0) is 49.9 Å². The van der Waals surface area contributed by atoms with Crippen LogP contribution in [0.3, 0.4) is 0 Å². The molecule has 2 fully saturated rings. The summed E-state index contributed by atoms with van der Waals surface area (Å²) in [5.74, 6) is 0.417. The van der Waals surface area contributed by atoms with Crippen molar-refractivity contribution in [2.45, 2.75) is 36.6 Å². The smallest absolute Gasteiger partial charge is 0.253 e. The molecule has 0 bridgehead atoms. The van der Waals surface area contributed by atoms with E-state index < -0.39 is 10.8 Å². The second kappa shape index (κ2) is 6.83. The van der Waals surface area contributed by atoms with Gasteiger partial charge in [0.25, 0.3) is 5.91 Å². The SMILES string of the molecule is C[S@](=O)c1ccc(C(=O)N2CCC(NC(=O)C3CC3)CC2)cc1. The number of benzene rings is 1. The molecule has 1 heterocycles. The van der Waals surface area contributed by atoms with Gasteiger partial charge in [-0.1, -0.05) is 0 Å². The van der Waals surface area contributed by atoms with Crippen molar-refractivity contribution < 1.29 is 13.8 Å². The van der Waals surface area contributed by atoms with E-state index in [4.69, 9.17) is 0 Å². The number of hydrogen-bond donors (Lipinski definition) is 1. The summed E-state index contributed by atoms with van der Waals surface area (Å²) < 4.78 is 11.4. The van der Waals surface area contributed by atoms with Crippen LogP contribution in [0, 0.1) is 5.92 Å². The van der Waals surface area contributed by atoms with Gasteiger partial charge in [-0.25, -0.2) is 0 Å². The highest BCUT2D eigenvalue weighted by molar-refractivity contribution is 7.84. The lowest BCUT2D eigenvalue weighted by Gasteiger charge is -2.32. The van der Waals surface area contributed by atoms with E-state index >= 15 is 0 Å². The molecular weight excluding hydrogens is 312 g/mol. The average Bonchev–Trinajstić information content (AvgIpc) is 3.40. The normalized spacial score (nSPS) is 20.1.